The van der Waals surface area contributed by atoms with Gasteiger partial charge in [-0.2, -0.15) is 0 Å². The average molecular weight is 558 g/mol. The lowest BCUT2D eigenvalue weighted by Crippen LogP contribution is -2.42. The highest BCUT2D eigenvalue weighted by Gasteiger charge is 2.22. The van der Waals surface area contributed by atoms with E-state index in [4.69, 9.17) is 4.74 Å². The summed E-state index contributed by atoms with van der Waals surface area (Å²) in [6.45, 7) is 1.01. The van der Waals surface area contributed by atoms with E-state index >= 15 is 0 Å². The van der Waals surface area contributed by atoms with Crippen LogP contribution in [-0.4, -0.2) is 35.1 Å². The van der Waals surface area contributed by atoms with Gasteiger partial charge in [-0.1, -0.05) is 36.4 Å². The van der Waals surface area contributed by atoms with Crippen LogP contribution in [0.15, 0.2) is 97.1 Å². The second-order valence-electron chi connectivity index (χ2n) is 9.37. The van der Waals surface area contributed by atoms with Gasteiger partial charge in [-0.3, -0.25) is 14.9 Å². The number of nitrogens with zero attached hydrogens (tertiary/aromatic N) is 2. The summed E-state index contributed by atoms with van der Waals surface area (Å²) < 4.78 is 18.8. The van der Waals surface area contributed by atoms with Crippen LogP contribution in [0.4, 0.5) is 15.8 Å². The van der Waals surface area contributed by atoms with Gasteiger partial charge in [0.1, 0.15) is 17.6 Å². The molecule has 0 aliphatic rings. The number of carboxylic acids is 1. The third kappa shape index (κ3) is 7.89. The van der Waals surface area contributed by atoms with Gasteiger partial charge in [0, 0.05) is 42.9 Å². The van der Waals surface area contributed by atoms with E-state index in [1.807, 2.05) is 24.3 Å². The van der Waals surface area contributed by atoms with Gasteiger partial charge in [0.05, 0.1) is 12.0 Å². The SMILES string of the molecule is COc1ccc(CN(Cc2ccc(C(=O)NC(Cc3ccc([N+](=O)[O-])cc3)C(=O)O)cc2)c2ccc(F)cc2)cc1. The maximum Gasteiger partial charge on any atom is 0.326 e. The first-order chi connectivity index (χ1) is 19.7. The number of rotatable bonds is 12. The fraction of sp³-hybridized carbons (Fsp3) is 0.161. The van der Waals surface area contributed by atoms with E-state index in [-0.39, 0.29) is 23.5 Å². The van der Waals surface area contributed by atoms with Crippen molar-refractivity contribution in [3.8, 4) is 5.75 Å². The van der Waals surface area contributed by atoms with Crippen molar-refractivity contribution >= 4 is 23.3 Å². The Morgan fingerprint density at radius 2 is 1.41 bits per heavy atom. The maximum atomic E-state index is 13.6. The molecule has 0 aliphatic heterocycles. The van der Waals surface area contributed by atoms with Crippen molar-refractivity contribution in [1.29, 1.82) is 0 Å². The molecule has 210 valence electrons. The van der Waals surface area contributed by atoms with Gasteiger partial charge in [0.15, 0.2) is 0 Å². The van der Waals surface area contributed by atoms with E-state index in [0.717, 1.165) is 22.6 Å². The van der Waals surface area contributed by atoms with Crippen LogP contribution >= 0.6 is 0 Å². The van der Waals surface area contributed by atoms with Crippen LogP contribution in [0.5, 0.6) is 5.75 Å². The summed E-state index contributed by atoms with van der Waals surface area (Å²) in [4.78, 5) is 37.0. The van der Waals surface area contributed by atoms with Gasteiger partial charge in [0.25, 0.3) is 11.6 Å². The maximum absolute atomic E-state index is 13.6. The lowest BCUT2D eigenvalue weighted by molar-refractivity contribution is -0.384. The number of nitro benzene ring substituents is 1. The summed E-state index contributed by atoms with van der Waals surface area (Å²) >= 11 is 0. The van der Waals surface area contributed by atoms with Crippen molar-refractivity contribution in [3.05, 3.63) is 135 Å². The number of ether oxygens (including phenoxy) is 1. The molecule has 0 heterocycles. The molecule has 1 amide bonds. The second kappa shape index (κ2) is 13.2. The predicted molar refractivity (Wildman–Crippen MR) is 151 cm³/mol. The Bertz CT molecular complexity index is 1490. The number of amides is 1. The smallest absolute Gasteiger partial charge is 0.326 e. The molecule has 0 aromatic heterocycles. The van der Waals surface area contributed by atoms with Gasteiger partial charge in [-0.25, -0.2) is 9.18 Å². The summed E-state index contributed by atoms with van der Waals surface area (Å²) in [5, 5.41) is 23.0. The number of nitrogens with one attached hydrogen (secondary N) is 1. The zero-order valence-electron chi connectivity index (χ0n) is 22.2. The highest BCUT2D eigenvalue weighted by atomic mass is 19.1. The lowest BCUT2D eigenvalue weighted by Gasteiger charge is -2.25. The highest BCUT2D eigenvalue weighted by Crippen LogP contribution is 2.22. The number of hydrogen-bond acceptors (Lipinski definition) is 6. The summed E-state index contributed by atoms with van der Waals surface area (Å²) in [6.07, 6.45) is -0.0326. The van der Waals surface area contributed by atoms with E-state index in [2.05, 4.69) is 10.2 Å². The van der Waals surface area contributed by atoms with Crippen molar-refractivity contribution in [2.45, 2.75) is 25.6 Å². The van der Waals surface area contributed by atoms with Crippen molar-refractivity contribution < 1.29 is 28.7 Å². The highest BCUT2D eigenvalue weighted by molar-refractivity contribution is 5.96. The van der Waals surface area contributed by atoms with Crippen LogP contribution in [0, 0.1) is 15.9 Å². The van der Waals surface area contributed by atoms with Crippen LogP contribution in [0.1, 0.15) is 27.0 Å². The summed E-state index contributed by atoms with van der Waals surface area (Å²) in [6, 6.07) is 25.0. The molecule has 2 N–H and O–H groups in total. The molecule has 0 bridgehead atoms. The number of carboxylic acid groups (broad SMARTS) is 1. The van der Waals surface area contributed by atoms with Crippen LogP contribution in [0.2, 0.25) is 0 Å². The van der Waals surface area contributed by atoms with E-state index < -0.39 is 22.8 Å². The number of halogens is 1. The monoisotopic (exact) mass is 557 g/mol. The Labute approximate surface area is 236 Å². The van der Waals surface area contributed by atoms with E-state index in [0.29, 0.717) is 18.7 Å². The fourth-order valence-corrected chi connectivity index (χ4v) is 4.25. The number of aliphatic carboxylic acids is 1. The molecule has 0 saturated heterocycles. The van der Waals surface area contributed by atoms with Gasteiger partial charge in [-0.05, 0) is 65.2 Å². The van der Waals surface area contributed by atoms with Crippen molar-refractivity contribution in [2.75, 3.05) is 12.0 Å². The molecular weight excluding hydrogens is 529 g/mol. The quantitative estimate of drug-likeness (QED) is 0.177. The Morgan fingerprint density at radius 1 is 0.878 bits per heavy atom. The number of carbonyl (C=O) groups is 2. The number of benzene rings is 4. The number of carbonyl (C=O) groups excluding carboxylic acids is 1. The van der Waals surface area contributed by atoms with E-state index in [1.165, 1.54) is 36.4 Å². The predicted octanol–water partition coefficient (Wildman–Crippen LogP) is 5.38. The second-order valence-corrected chi connectivity index (χ2v) is 9.37. The molecule has 0 radical (unpaired) electrons. The Balaban J connectivity index is 1.45. The molecule has 1 atom stereocenters. The molecule has 10 heteroatoms. The standard InChI is InChI=1S/C31H28FN3O6/c1-41-28-16-6-23(7-17-28)20-34(26-14-10-25(32)11-15-26)19-22-2-8-24(9-3-22)30(36)33-29(31(37)38)18-21-4-12-27(13-5-21)35(39)40/h2-17,29H,18-20H2,1H3,(H,33,36)(H,37,38). The largest absolute Gasteiger partial charge is 0.497 e. The van der Waals surface area contributed by atoms with Crippen molar-refractivity contribution in [3.63, 3.8) is 0 Å². The third-order valence-corrected chi connectivity index (χ3v) is 6.50. The molecule has 41 heavy (non-hydrogen) atoms. The van der Waals surface area contributed by atoms with Gasteiger partial charge in [0.2, 0.25) is 0 Å². The molecular formula is C31H28FN3O6. The summed E-state index contributed by atoms with van der Waals surface area (Å²) in [7, 11) is 1.60. The third-order valence-electron chi connectivity index (χ3n) is 6.50. The van der Waals surface area contributed by atoms with Crippen LogP contribution in [-0.2, 0) is 24.3 Å². The number of anilines is 1. The van der Waals surface area contributed by atoms with Crippen LogP contribution in [0.3, 0.4) is 0 Å². The molecule has 4 aromatic rings. The average Bonchev–Trinajstić information content (AvgIpc) is 2.98. The molecule has 4 aromatic carbocycles. The van der Waals surface area contributed by atoms with Crippen LogP contribution < -0.4 is 15.0 Å². The van der Waals surface area contributed by atoms with E-state index in [1.54, 1.807) is 43.5 Å². The minimum atomic E-state index is -1.22. The Kier molecular flexibility index (Phi) is 9.26. The van der Waals surface area contributed by atoms with Gasteiger partial charge < -0.3 is 20.1 Å². The number of methoxy groups -OCH3 is 1. The Morgan fingerprint density at radius 3 is 1.93 bits per heavy atom. The molecule has 0 spiro atoms. The molecule has 0 aliphatic carbocycles. The van der Waals surface area contributed by atoms with Gasteiger partial charge in [-0.15, -0.1) is 0 Å². The Hall–Kier alpha value is -5.25. The van der Waals surface area contributed by atoms with Crippen LogP contribution in [0.25, 0.3) is 0 Å². The number of hydrogen-bond donors (Lipinski definition) is 2. The topological polar surface area (TPSA) is 122 Å². The van der Waals surface area contributed by atoms with Gasteiger partial charge >= 0.3 is 5.97 Å². The molecule has 4 rings (SSSR count). The minimum absolute atomic E-state index is 0.0326. The summed E-state index contributed by atoms with van der Waals surface area (Å²) in [5.74, 6) is -1.36. The zero-order chi connectivity index (χ0) is 29.4. The molecule has 0 fully saturated rings. The van der Waals surface area contributed by atoms with Crippen molar-refractivity contribution in [2.24, 2.45) is 0 Å². The molecule has 9 nitrogen and oxygen atoms in total. The first-order valence-electron chi connectivity index (χ1n) is 12.7. The fourth-order valence-electron chi connectivity index (χ4n) is 4.25. The normalized spacial score (nSPS) is 11.4. The lowest BCUT2D eigenvalue weighted by atomic mass is 10.0. The number of non-ortho nitro benzene ring substituents is 1. The molecule has 0 saturated carbocycles. The minimum Gasteiger partial charge on any atom is -0.497 e. The van der Waals surface area contributed by atoms with E-state index in [9.17, 15) is 29.2 Å². The van der Waals surface area contributed by atoms with Crippen molar-refractivity contribution in [1.82, 2.24) is 5.32 Å². The summed E-state index contributed by atoms with van der Waals surface area (Å²) in [5.41, 5.74) is 3.45. The molecule has 1 unspecified atom stereocenters. The zero-order valence-corrected chi connectivity index (χ0v) is 22.2. The first-order valence-corrected chi connectivity index (χ1v) is 12.7. The number of nitro groups is 1. The first kappa shape index (κ1) is 28.8.